The van der Waals surface area contributed by atoms with E-state index in [1.807, 2.05) is 32.5 Å². The minimum Gasteiger partial charge on any atom is -0.504 e. The number of aromatic nitrogens is 1. The normalized spacial score (nSPS) is 16.2. The number of methoxy groups -OCH3 is 1. The van der Waals surface area contributed by atoms with E-state index in [0.29, 0.717) is 0 Å². The van der Waals surface area contributed by atoms with Crippen LogP contribution in [-0.2, 0) is 11.2 Å². The summed E-state index contributed by atoms with van der Waals surface area (Å²) in [6.45, 7) is 11.8. The standard InChI is InChI=1S/C30H41N3O.C2H6/c1-3-25(24-34-2)23-33(30(28-13-14-28)29-10-7-17-31-22-29)21-20-32-18-15-27(16-19-32)12-11-26-8-5-4-6-9-26;1-2/h4-10,17,22,24,27H,3,11-16,18-21,23H2,1-2H3;1-2H3/b25-24+;. The van der Waals surface area contributed by atoms with Crippen molar-refractivity contribution >= 4 is 5.70 Å². The lowest BCUT2D eigenvalue weighted by molar-refractivity contribution is 0.168. The van der Waals surface area contributed by atoms with E-state index in [1.54, 1.807) is 12.7 Å². The van der Waals surface area contributed by atoms with Gasteiger partial charge in [0.15, 0.2) is 0 Å². The lowest BCUT2D eigenvalue weighted by atomic mass is 9.90. The quantitative estimate of drug-likeness (QED) is 0.295. The second-order valence-corrected chi connectivity index (χ2v) is 9.79. The van der Waals surface area contributed by atoms with E-state index >= 15 is 0 Å². The number of allylic oxidation sites excluding steroid dienone is 1. The zero-order valence-electron chi connectivity index (χ0n) is 23.1. The van der Waals surface area contributed by atoms with Crippen molar-refractivity contribution in [1.82, 2.24) is 14.8 Å². The van der Waals surface area contributed by atoms with Gasteiger partial charge in [0, 0.05) is 43.3 Å². The molecule has 1 saturated carbocycles. The summed E-state index contributed by atoms with van der Waals surface area (Å²) in [5.41, 5.74) is 7.04. The molecule has 1 aliphatic heterocycles. The summed E-state index contributed by atoms with van der Waals surface area (Å²) in [6, 6.07) is 15.2. The minimum atomic E-state index is 0.864. The summed E-state index contributed by atoms with van der Waals surface area (Å²) >= 11 is 0. The van der Waals surface area contributed by atoms with Gasteiger partial charge >= 0.3 is 0 Å². The lowest BCUT2D eigenvalue weighted by Gasteiger charge is -2.35. The number of pyridine rings is 1. The van der Waals surface area contributed by atoms with Crippen molar-refractivity contribution < 1.29 is 4.74 Å². The molecule has 0 radical (unpaired) electrons. The maximum atomic E-state index is 5.39. The molecule has 0 N–H and O–H groups in total. The van der Waals surface area contributed by atoms with E-state index in [1.165, 1.54) is 74.0 Å². The summed E-state index contributed by atoms with van der Waals surface area (Å²) < 4.78 is 5.39. The highest BCUT2D eigenvalue weighted by Gasteiger charge is 2.26. The Morgan fingerprint density at radius 3 is 2.44 bits per heavy atom. The third kappa shape index (κ3) is 8.81. The van der Waals surface area contributed by atoms with E-state index in [4.69, 9.17) is 4.74 Å². The van der Waals surface area contributed by atoms with Crippen molar-refractivity contribution in [3.63, 3.8) is 0 Å². The topological polar surface area (TPSA) is 28.6 Å². The number of benzene rings is 1. The van der Waals surface area contributed by atoms with Gasteiger partial charge in [-0.15, -0.1) is 0 Å². The van der Waals surface area contributed by atoms with Gasteiger partial charge in [0.2, 0.25) is 0 Å². The van der Waals surface area contributed by atoms with Crippen LogP contribution in [0.2, 0.25) is 0 Å². The van der Waals surface area contributed by atoms with Crippen LogP contribution in [0, 0.1) is 5.92 Å². The van der Waals surface area contributed by atoms with E-state index in [0.717, 1.165) is 32.0 Å². The first kappa shape index (κ1) is 28.0. The van der Waals surface area contributed by atoms with Crippen molar-refractivity contribution in [2.24, 2.45) is 5.92 Å². The van der Waals surface area contributed by atoms with Crippen LogP contribution in [0.4, 0.5) is 0 Å². The highest BCUT2D eigenvalue weighted by atomic mass is 16.5. The molecule has 0 bridgehead atoms. The Labute approximate surface area is 220 Å². The van der Waals surface area contributed by atoms with Gasteiger partial charge < -0.3 is 14.5 Å². The predicted octanol–water partition coefficient (Wildman–Crippen LogP) is 7.20. The number of hydrogen-bond acceptors (Lipinski definition) is 4. The van der Waals surface area contributed by atoms with Gasteiger partial charge in [-0.05, 0) is 92.8 Å². The van der Waals surface area contributed by atoms with E-state index in [9.17, 15) is 0 Å². The Kier molecular flexibility index (Phi) is 12.1. The number of nitrogens with zero attached hydrogens (tertiary/aromatic N) is 3. The maximum absolute atomic E-state index is 5.39. The number of ether oxygens (including phenoxy) is 1. The fourth-order valence-electron chi connectivity index (χ4n) is 5.10. The zero-order chi connectivity index (χ0) is 25.6. The molecule has 0 spiro atoms. The lowest BCUT2D eigenvalue weighted by Crippen LogP contribution is -2.40. The number of hydrogen-bond donors (Lipinski definition) is 0. The fourth-order valence-corrected chi connectivity index (χ4v) is 5.10. The molecule has 0 unspecified atom stereocenters. The van der Waals surface area contributed by atoms with Crippen LogP contribution >= 0.6 is 0 Å². The highest BCUT2D eigenvalue weighted by molar-refractivity contribution is 5.69. The maximum Gasteiger partial charge on any atom is 0.0834 e. The summed E-state index contributed by atoms with van der Waals surface area (Å²) in [5, 5.41) is 0. The number of aryl methyl sites for hydroxylation is 1. The molecule has 4 nitrogen and oxygen atoms in total. The monoisotopic (exact) mass is 489 g/mol. The number of rotatable bonds is 12. The number of piperidine rings is 1. The first-order valence-electron chi connectivity index (χ1n) is 14.1. The average molecular weight is 490 g/mol. The second kappa shape index (κ2) is 15.5. The van der Waals surface area contributed by atoms with Crippen molar-refractivity contribution in [3.05, 3.63) is 83.4 Å². The Balaban J connectivity index is 0.00000176. The third-order valence-corrected chi connectivity index (χ3v) is 7.30. The first-order chi connectivity index (χ1) is 17.8. The fraction of sp³-hybridized carbons (Fsp3) is 0.531. The smallest absolute Gasteiger partial charge is 0.0834 e. The molecule has 2 heterocycles. The van der Waals surface area contributed by atoms with Gasteiger partial charge in [-0.25, -0.2) is 0 Å². The predicted molar refractivity (Wildman–Crippen MR) is 153 cm³/mol. The highest BCUT2D eigenvalue weighted by Crippen LogP contribution is 2.38. The van der Waals surface area contributed by atoms with Crippen LogP contribution in [0.5, 0.6) is 0 Å². The van der Waals surface area contributed by atoms with Gasteiger partial charge in [0.05, 0.1) is 13.4 Å². The van der Waals surface area contributed by atoms with Crippen molar-refractivity contribution in [3.8, 4) is 0 Å². The minimum absolute atomic E-state index is 0.864. The molecule has 0 amide bonds. The summed E-state index contributed by atoms with van der Waals surface area (Å²) in [7, 11) is 1.75. The van der Waals surface area contributed by atoms with E-state index in [2.05, 4.69) is 64.2 Å². The molecule has 4 rings (SSSR count). The summed E-state index contributed by atoms with van der Waals surface area (Å²) in [4.78, 5) is 9.69. The van der Waals surface area contributed by atoms with E-state index in [-0.39, 0.29) is 0 Å². The molecule has 4 heteroatoms. The zero-order valence-corrected chi connectivity index (χ0v) is 23.1. The Morgan fingerprint density at radius 2 is 1.83 bits per heavy atom. The van der Waals surface area contributed by atoms with Gasteiger partial charge in [-0.2, -0.15) is 0 Å². The van der Waals surface area contributed by atoms with Crippen LogP contribution in [0.3, 0.4) is 0 Å². The molecule has 2 aromatic rings. The van der Waals surface area contributed by atoms with Crippen LogP contribution < -0.4 is 0 Å². The average Bonchev–Trinajstić information content (AvgIpc) is 3.78. The largest absolute Gasteiger partial charge is 0.504 e. The SMILES string of the molecule is CC.CC/C(=C\OC)CN(CCN1CCC(CCc2ccccc2)CC1)C(=C1CC1)c1cccnc1. The van der Waals surface area contributed by atoms with E-state index < -0.39 is 0 Å². The molecular weight excluding hydrogens is 442 g/mol. The Hall–Kier alpha value is -2.59. The second-order valence-electron chi connectivity index (χ2n) is 9.79. The van der Waals surface area contributed by atoms with Crippen LogP contribution in [0.25, 0.3) is 5.70 Å². The van der Waals surface area contributed by atoms with Crippen molar-refractivity contribution in [2.45, 2.75) is 65.7 Å². The third-order valence-electron chi connectivity index (χ3n) is 7.30. The van der Waals surface area contributed by atoms with Gasteiger partial charge in [0.25, 0.3) is 0 Å². The molecular formula is C32H47N3O. The molecule has 1 aromatic carbocycles. The molecule has 0 atom stereocenters. The molecule has 1 aliphatic carbocycles. The first-order valence-corrected chi connectivity index (χ1v) is 14.1. The van der Waals surface area contributed by atoms with Crippen molar-refractivity contribution in [1.29, 1.82) is 0 Å². The molecule has 196 valence electrons. The molecule has 36 heavy (non-hydrogen) atoms. The molecule has 1 aromatic heterocycles. The van der Waals surface area contributed by atoms with Gasteiger partial charge in [-0.1, -0.05) is 51.1 Å². The summed E-state index contributed by atoms with van der Waals surface area (Å²) in [6.07, 6.45) is 14.4. The molecule has 2 aliphatic rings. The van der Waals surface area contributed by atoms with Gasteiger partial charge in [-0.3, -0.25) is 4.98 Å². The molecule has 2 fully saturated rings. The summed E-state index contributed by atoms with van der Waals surface area (Å²) in [5.74, 6) is 0.864. The van der Waals surface area contributed by atoms with Crippen LogP contribution in [0.1, 0.15) is 70.4 Å². The van der Waals surface area contributed by atoms with Gasteiger partial charge in [0.1, 0.15) is 0 Å². The van der Waals surface area contributed by atoms with Crippen LogP contribution in [-0.4, -0.2) is 54.6 Å². The van der Waals surface area contributed by atoms with Crippen molar-refractivity contribution in [2.75, 3.05) is 39.8 Å². The molecule has 1 saturated heterocycles. The van der Waals surface area contributed by atoms with Crippen LogP contribution in [0.15, 0.2) is 72.3 Å². The Bertz CT molecular complexity index is 924. The number of likely N-dealkylation sites (tertiary alicyclic amines) is 1. The Morgan fingerprint density at radius 1 is 1.08 bits per heavy atom.